The first-order valence-electron chi connectivity index (χ1n) is 18.8. The first-order chi connectivity index (χ1) is 27.7. The van der Waals surface area contributed by atoms with E-state index in [0.717, 1.165) is 44.5 Å². The zero-order chi connectivity index (χ0) is 37.0. The molecule has 262 valence electrons. The van der Waals surface area contributed by atoms with Gasteiger partial charge in [0.05, 0.1) is 11.0 Å². The van der Waals surface area contributed by atoms with Crippen molar-refractivity contribution in [3.8, 4) is 62.1 Å². The Bertz CT molecular complexity index is 3180. The molecule has 56 heavy (non-hydrogen) atoms. The highest BCUT2D eigenvalue weighted by atomic mass is 32.1. The van der Waals surface area contributed by atoms with E-state index < -0.39 is 0 Å². The molecular formula is C51H32N4S. The third-order valence-electron chi connectivity index (χ3n) is 10.6. The maximum atomic E-state index is 5.15. The van der Waals surface area contributed by atoms with E-state index in [-0.39, 0.29) is 0 Å². The van der Waals surface area contributed by atoms with Crippen LogP contribution in [0.1, 0.15) is 0 Å². The molecular weight excluding hydrogens is 701 g/mol. The molecule has 0 amide bonds. The summed E-state index contributed by atoms with van der Waals surface area (Å²) in [5.41, 5.74) is 10.7. The van der Waals surface area contributed by atoms with Crippen LogP contribution in [0, 0.1) is 0 Å². The molecule has 8 aromatic carbocycles. The SMILES string of the molecule is c1ccc(-c2cc(-c3nc(-c4ccccc4)nc(-c4ccccc4)n3)cc(-n3c4ccccc4c4ccc(-c5cccc6c5sc5ccccc56)cc43)c2)cc1. The molecule has 0 aliphatic rings. The van der Waals surface area contributed by atoms with Gasteiger partial charge in [-0.1, -0.05) is 158 Å². The topological polar surface area (TPSA) is 43.6 Å². The summed E-state index contributed by atoms with van der Waals surface area (Å²) < 4.78 is 5.02. The first kappa shape index (κ1) is 32.2. The third-order valence-corrected chi connectivity index (χ3v) is 11.8. The quantitative estimate of drug-likeness (QED) is 0.171. The van der Waals surface area contributed by atoms with E-state index in [1.54, 1.807) is 0 Å². The van der Waals surface area contributed by atoms with Crippen LogP contribution < -0.4 is 0 Å². The highest BCUT2D eigenvalue weighted by Gasteiger charge is 2.19. The molecule has 0 saturated heterocycles. The Morgan fingerprint density at radius 2 is 0.893 bits per heavy atom. The minimum Gasteiger partial charge on any atom is -0.309 e. The number of thiophene rings is 1. The van der Waals surface area contributed by atoms with E-state index in [1.165, 1.54) is 42.1 Å². The van der Waals surface area contributed by atoms with Gasteiger partial charge in [-0.25, -0.2) is 15.0 Å². The lowest BCUT2D eigenvalue weighted by atomic mass is 10.0. The number of para-hydroxylation sites is 1. The monoisotopic (exact) mass is 732 g/mol. The lowest BCUT2D eigenvalue weighted by Gasteiger charge is -2.15. The summed E-state index contributed by atoms with van der Waals surface area (Å²) in [6, 6.07) is 68.7. The van der Waals surface area contributed by atoms with Crippen LogP contribution in [0.25, 0.3) is 104 Å². The van der Waals surface area contributed by atoms with Gasteiger partial charge in [0, 0.05) is 53.3 Å². The minimum atomic E-state index is 0.620. The zero-order valence-electron chi connectivity index (χ0n) is 30.2. The summed E-state index contributed by atoms with van der Waals surface area (Å²) in [7, 11) is 0. The Morgan fingerprint density at radius 3 is 1.61 bits per heavy atom. The molecule has 0 fully saturated rings. The molecule has 0 atom stereocenters. The number of nitrogens with zero attached hydrogens (tertiary/aromatic N) is 4. The van der Waals surface area contributed by atoms with Crippen molar-refractivity contribution >= 4 is 53.3 Å². The fraction of sp³-hybridized carbons (Fsp3) is 0. The Kier molecular flexibility index (Phi) is 7.64. The Morgan fingerprint density at radius 1 is 0.339 bits per heavy atom. The van der Waals surface area contributed by atoms with Crippen molar-refractivity contribution in [1.82, 2.24) is 19.5 Å². The van der Waals surface area contributed by atoms with Gasteiger partial charge in [0.25, 0.3) is 0 Å². The smallest absolute Gasteiger partial charge is 0.164 e. The molecule has 0 bridgehead atoms. The van der Waals surface area contributed by atoms with Crippen molar-refractivity contribution < 1.29 is 0 Å². The van der Waals surface area contributed by atoms with Crippen LogP contribution >= 0.6 is 11.3 Å². The number of benzene rings is 8. The normalized spacial score (nSPS) is 11.6. The van der Waals surface area contributed by atoms with Crippen molar-refractivity contribution in [2.45, 2.75) is 0 Å². The van der Waals surface area contributed by atoms with E-state index in [9.17, 15) is 0 Å². The second-order valence-corrected chi connectivity index (χ2v) is 15.1. The van der Waals surface area contributed by atoms with Crippen LogP contribution in [0.4, 0.5) is 0 Å². The summed E-state index contributed by atoms with van der Waals surface area (Å²) >= 11 is 1.87. The summed E-state index contributed by atoms with van der Waals surface area (Å²) in [5.74, 6) is 1.89. The van der Waals surface area contributed by atoms with Gasteiger partial charge in [-0.05, 0) is 58.7 Å². The van der Waals surface area contributed by atoms with Crippen molar-refractivity contribution in [3.05, 3.63) is 194 Å². The second kappa shape index (κ2) is 13.3. The van der Waals surface area contributed by atoms with E-state index in [4.69, 9.17) is 15.0 Å². The summed E-state index contributed by atoms with van der Waals surface area (Å²) in [6.45, 7) is 0. The number of hydrogen-bond acceptors (Lipinski definition) is 4. The molecule has 0 N–H and O–H groups in total. The molecule has 0 radical (unpaired) electrons. The maximum absolute atomic E-state index is 5.15. The van der Waals surface area contributed by atoms with Crippen molar-refractivity contribution in [3.63, 3.8) is 0 Å². The van der Waals surface area contributed by atoms with Crippen molar-refractivity contribution in [2.75, 3.05) is 0 Å². The van der Waals surface area contributed by atoms with E-state index in [0.29, 0.717) is 17.5 Å². The predicted octanol–water partition coefficient (Wildman–Crippen LogP) is 13.7. The average molecular weight is 733 g/mol. The average Bonchev–Trinajstić information content (AvgIpc) is 3.83. The van der Waals surface area contributed by atoms with E-state index in [1.807, 2.05) is 47.7 Å². The number of rotatable bonds is 6. The first-order valence-corrected chi connectivity index (χ1v) is 19.6. The van der Waals surface area contributed by atoms with E-state index >= 15 is 0 Å². The maximum Gasteiger partial charge on any atom is 0.164 e. The van der Waals surface area contributed by atoms with Crippen molar-refractivity contribution in [2.24, 2.45) is 0 Å². The van der Waals surface area contributed by atoms with E-state index in [2.05, 4.69) is 162 Å². The minimum absolute atomic E-state index is 0.620. The summed E-state index contributed by atoms with van der Waals surface area (Å²) in [5, 5.41) is 5.01. The molecule has 0 aliphatic carbocycles. The highest BCUT2D eigenvalue weighted by Crippen LogP contribution is 2.42. The van der Waals surface area contributed by atoms with Crippen LogP contribution in [0.5, 0.6) is 0 Å². The van der Waals surface area contributed by atoms with Gasteiger partial charge in [0.2, 0.25) is 0 Å². The van der Waals surface area contributed by atoms with Gasteiger partial charge < -0.3 is 4.57 Å². The fourth-order valence-corrected chi connectivity index (χ4v) is 9.23. The predicted molar refractivity (Wildman–Crippen MR) is 234 cm³/mol. The fourth-order valence-electron chi connectivity index (χ4n) is 8.00. The molecule has 11 aromatic rings. The Balaban J connectivity index is 1.17. The lowest BCUT2D eigenvalue weighted by Crippen LogP contribution is -2.01. The number of aromatic nitrogens is 4. The lowest BCUT2D eigenvalue weighted by molar-refractivity contribution is 1.07. The standard InChI is InChI=1S/C51H32N4S/c1-4-15-33(16-5-1)37-29-38(51-53-49(34-17-6-2-7-18-34)52-50(54-51)35-19-8-3-9-20-35)31-39(30-37)55-45-25-12-10-21-41(45)42-28-27-36(32-46(42)55)40-23-14-24-44-43-22-11-13-26-47(43)56-48(40)44/h1-32H. The molecule has 0 unspecified atom stereocenters. The Hall–Kier alpha value is -7.21. The molecule has 4 nitrogen and oxygen atoms in total. The zero-order valence-corrected chi connectivity index (χ0v) is 31.0. The van der Waals surface area contributed by atoms with Gasteiger partial charge in [0.1, 0.15) is 0 Å². The molecule has 0 aliphatic heterocycles. The molecule has 3 heterocycles. The second-order valence-electron chi connectivity index (χ2n) is 14.0. The van der Waals surface area contributed by atoms with Gasteiger partial charge >= 0.3 is 0 Å². The van der Waals surface area contributed by atoms with Crippen LogP contribution in [0.15, 0.2) is 194 Å². The van der Waals surface area contributed by atoms with Gasteiger partial charge in [-0.2, -0.15) is 0 Å². The highest BCUT2D eigenvalue weighted by molar-refractivity contribution is 7.26. The molecule has 5 heteroatoms. The molecule has 0 saturated carbocycles. The summed E-state index contributed by atoms with van der Waals surface area (Å²) in [4.78, 5) is 15.3. The molecule has 11 rings (SSSR count). The number of hydrogen-bond donors (Lipinski definition) is 0. The van der Waals surface area contributed by atoms with Crippen LogP contribution in [0.2, 0.25) is 0 Å². The summed E-state index contributed by atoms with van der Waals surface area (Å²) in [6.07, 6.45) is 0. The van der Waals surface area contributed by atoms with Gasteiger partial charge in [-0.3, -0.25) is 0 Å². The molecule has 3 aromatic heterocycles. The third kappa shape index (κ3) is 5.48. The largest absolute Gasteiger partial charge is 0.309 e. The molecule has 0 spiro atoms. The van der Waals surface area contributed by atoms with Crippen LogP contribution in [0.3, 0.4) is 0 Å². The van der Waals surface area contributed by atoms with Crippen molar-refractivity contribution in [1.29, 1.82) is 0 Å². The van der Waals surface area contributed by atoms with Crippen LogP contribution in [-0.2, 0) is 0 Å². The Labute approximate surface area is 327 Å². The van der Waals surface area contributed by atoms with Gasteiger partial charge in [0.15, 0.2) is 17.5 Å². The van der Waals surface area contributed by atoms with Gasteiger partial charge in [-0.15, -0.1) is 11.3 Å². The number of fused-ring (bicyclic) bond motifs is 6. The van der Waals surface area contributed by atoms with Crippen LogP contribution in [-0.4, -0.2) is 19.5 Å².